The van der Waals surface area contributed by atoms with Crippen molar-refractivity contribution in [2.45, 2.75) is 19.8 Å². The number of hydrogen-bond acceptors (Lipinski definition) is 6. The molecule has 1 saturated heterocycles. The fourth-order valence-corrected chi connectivity index (χ4v) is 5.21. The van der Waals surface area contributed by atoms with Crippen molar-refractivity contribution in [3.63, 3.8) is 0 Å². The number of benzene rings is 3. The molecule has 5 rings (SSSR count). The lowest BCUT2D eigenvalue weighted by atomic mass is 10.0. The normalized spacial score (nSPS) is 13.9. The van der Waals surface area contributed by atoms with E-state index in [1.165, 1.54) is 0 Å². The summed E-state index contributed by atoms with van der Waals surface area (Å²) in [6.07, 6.45) is 1.87. The Morgan fingerprint density at radius 1 is 0.923 bits per heavy atom. The Bertz CT molecular complexity index is 1490. The highest BCUT2D eigenvalue weighted by atomic mass is 16.5. The zero-order valence-corrected chi connectivity index (χ0v) is 22.6. The maximum absolute atomic E-state index is 13.1. The molecule has 2 heterocycles. The summed E-state index contributed by atoms with van der Waals surface area (Å²) in [7, 11) is 1.72. The number of fused-ring (bicyclic) bond motifs is 1. The van der Waals surface area contributed by atoms with Gasteiger partial charge in [0.1, 0.15) is 11.5 Å². The predicted molar refractivity (Wildman–Crippen MR) is 156 cm³/mol. The smallest absolute Gasteiger partial charge is 0.255 e. The van der Waals surface area contributed by atoms with Crippen molar-refractivity contribution >= 4 is 22.6 Å². The van der Waals surface area contributed by atoms with E-state index in [4.69, 9.17) is 9.15 Å². The molecule has 0 atom stereocenters. The van der Waals surface area contributed by atoms with Crippen LogP contribution >= 0.6 is 0 Å². The van der Waals surface area contributed by atoms with Crippen LogP contribution in [0.25, 0.3) is 22.3 Å². The van der Waals surface area contributed by atoms with Crippen molar-refractivity contribution in [1.29, 1.82) is 0 Å². The number of amides is 1. The van der Waals surface area contributed by atoms with Gasteiger partial charge in [0.2, 0.25) is 0 Å². The van der Waals surface area contributed by atoms with Crippen molar-refractivity contribution in [2.24, 2.45) is 0 Å². The molecular weight excluding hydrogens is 490 g/mol. The standard InChI is InChI=1S/C32H35N3O4/c1-23-29(36)25-13-10-14-26(31(25)39-30(23)24-11-4-3-5-12-24)32(37)33-17-8-9-18-34-19-21-35(22-20-34)27-15-6-7-16-28(27)38-2/h3-7,10-16H,8-9,17-22H2,1-2H3,(H,33,37). The van der Waals surface area contributed by atoms with Gasteiger partial charge in [0.05, 0.1) is 23.7 Å². The minimum absolute atomic E-state index is 0.115. The third-order valence-corrected chi connectivity index (χ3v) is 7.41. The molecule has 1 N–H and O–H groups in total. The Morgan fingerprint density at radius 3 is 2.44 bits per heavy atom. The van der Waals surface area contributed by atoms with Gasteiger partial charge in [-0.05, 0) is 50.6 Å². The van der Waals surface area contributed by atoms with Gasteiger partial charge in [-0.2, -0.15) is 0 Å². The lowest BCUT2D eigenvalue weighted by Gasteiger charge is -2.36. The molecule has 1 amide bonds. The molecule has 39 heavy (non-hydrogen) atoms. The maximum atomic E-state index is 13.1. The van der Waals surface area contributed by atoms with Crippen LogP contribution in [0.15, 0.2) is 82.0 Å². The minimum atomic E-state index is -0.225. The third kappa shape index (κ3) is 5.83. The van der Waals surface area contributed by atoms with E-state index < -0.39 is 0 Å². The van der Waals surface area contributed by atoms with E-state index in [1.54, 1.807) is 32.2 Å². The third-order valence-electron chi connectivity index (χ3n) is 7.41. The molecule has 1 aromatic heterocycles. The van der Waals surface area contributed by atoms with Crippen LogP contribution in [0.2, 0.25) is 0 Å². The molecule has 0 saturated carbocycles. The minimum Gasteiger partial charge on any atom is -0.495 e. The molecule has 0 radical (unpaired) electrons. The molecule has 1 aliphatic heterocycles. The van der Waals surface area contributed by atoms with Gasteiger partial charge in [0.15, 0.2) is 11.0 Å². The average Bonchev–Trinajstić information content (AvgIpc) is 2.99. The number of ether oxygens (including phenoxy) is 1. The molecule has 0 aliphatic carbocycles. The summed E-state index contributed by atoms with van der Waals surface area (Å²) in [5, 5.41) is 3.44. The van der Waals surface area contributed by atoms with Crippen molar-refractivity contribution in [1.82, 2.24) is 10.2 Å². The number of hydrogen-bond donors (Lipinski definition) is 1. The number of anilines is 1. The number of carbonyl (C=O) groups is 1. The summed E-state index contributed by atoms with van der Waals surface area (Å²) in [4.78, 5) is 31.0. The number of nitrogens with one attached hydrogen (secondary N) is 1. The van der Waals surface area contributed by atoms with E-state index in [1.807, 2.05) is 48.5 Å². The number of unbranched alkanes of at least 4 members (excludes halogenated alkanes) is 1. The van der Waals surface area contributed by atoms with Gasteiger partial charge in [-0.25, -0.2) is 0 Å². The molecule has 0 unspecified atom stereocenters. The van der Waals surface area contributed by atoms with Crippen molar-refractivity contribution in [2.75, 3.05) is 51.3 Å². The molecule has 4 aromatic rings. The molecule has 7 heteroatoms. The van der Waals surface area contributed by atoms with E-state index in [9.17, 15) is 9.59 Å². The lowest BCUT2D eigenvalue weighted by Crippen LogP contribution is -2.46. The second-order valence-corrected chi connectivity index (χ2v) is 9.90. The van der Waals surface area contributed by atoms with Crippen LogP contribution in [-0.4, -0.2) is 57.2 Å². The van der Waals surface area contributed by atoms with Crippen LogP contribution in [0.1, 0.15) is 28.8 Å². The van der Waals surface area contributed by atoms with E-state index in [2.05, 4.69) is 21.2 Å². The topological polar surface area (TPSA) is 75.0 Å². The fraction of sp³-hybridized carbons (Fsp3) is 0.312. The largest absolute Gasteiger partial charge is 0.495 e. The van der Waals surface area contributed by atoms with Crippen LogP contribution in [0.3, 0.4) is 0 Å². The number of para-hydroxylation sites is 3. The Balaban J connectivity index is 1.15. The van der Waals surface area contributed by atoms with Crippen LogP contribution in [0, 0.1) is 6.92 Å². The zero-order valence-electron chi connectivity index (χ0n) is 22.6. The maximum Gasteiger partial charge on any atom is 0.255 e. The summed E-state index contributed by atoms with van der Waals surface area (Å²) in [6, 6.07) is 22.8. The number of piperazine rings is 1. The number of methoxy groups -OCH3 is 1. The summed E-state index contributed by atoms with van der Waals surface area (Å²) in [6.45, 7) is 7.27. The van der Waals surface area contributed by atoms with Crippen molar-refractivity contribution < 1.29 is 13.9 Å². The van der Waals surface area contributed by atoms with E-state index in [-0.39, 0.29) is 11.3 Å². The first kappa shape index (κ1) is 26.5. The molecule has 202 valence electrons. The quantitative estimate of drug-likeness (QED) is 0.306. The fourth-order valence-electron chi connectivity index (χ4n) is 5.21. The summed E-state index contributed by atoms with van der Waals surface area (Å²) >= 11 is 0. The summed E-state index contributed by atoms with van der Waals surface area (Å²) < 4.78 is 11.7. The highest BCUT2D eigenvalue weighted by molar-refractivity contribution is 6.05. The van der Waals surface area contributed by atoms with Gasteiger partial charge < -0.3 is 19.4 Å². The Kier molecular flexibility index (Phi) is 8.27. The van der Waals surface area contributed by atoms with Gasteiger partial charge in [-0.1, -0.05) is 48.5 Å². The molecular formula is C32H35N3O4. The van der Waals surface area contributed by atoms with Crippen molar-refractivity contribution in [3.05, 3.63) is 94.1 Å². The molecule has 0 bridgehead atoms. The monoisotopic (exact) mass is 525 g/mol. The average molecular weight is 526 g/mol. The first-order valence-electron chi connectivity index (χ1n) is 13.6. The first-order chi connectivity index (χ1) is 19.1. The predicted octanol–water partition coefficient (Wildman–Crippen LogP) is 5.11. The van der Waals surface area contributed by atoms with Crippen LogP contribution < -0.4 is 20.4 Å². The SMILES string of the molecule is COc1ccccc1N1CCN(CCCCNC(=O)c2cccc3c(=O)c(C)c(-c4ccccc4)oc23)CC1. The molecule has 3 aromatic carbocycles. The van der Waals surface area contributed by atoms with Crippen LogP contribution in [0.4, 0.5) is 5.69 Å². The number of rotatable bonds is 9. The molecule has 1 fully saturated rings. The van der Waals surface area contributed by atoms with Gasteiger partial charge in [0, 0.05) is 43.9 Å². The molecule has 1 aliphatic rings. The second kappa shape index (κ2) is 12.2. The van der Waals surface area contributed by atoms with Gasteiger partial charge in [0.25, 0.3) is 5.91 Å². The zero-order chi connectivity index (χ0) is 27.2. The van der Waals surface area contributed by atoms with Gasteiger partial charge >= 0.3 is 0 Å². The van der Waals surface area contributed by atoms with E-state index in [0.717, 1.165) is 62.6 Å². The Morgan fingerprint density at radius 2 is 1.67 bits per heavy atom. The van der Waals surface area contributed by atoms with E-state index >= 15 is 0 Å². The number of nitrogens with zero attached hydrogens (tertiary/aromatic N) is 2. The molecule has 7 nitrogen and oxygen atoms in total. The number of carbonyl (C=O) groups excluding carboxylic acids is 1. The van der Waals surface area contributed by atoms with Crippen LogP contribution in [0.5, 0.6) is 5.75 Å². The Hall–Kier alpha value is -4.10. The highest BCUT2D eigenvalue weighted by Gasteiger charge is 2.20. The lowest BCUT2D eigenvalue weighted by molar-refractivity contribution is 0.0953. The van der Waals surface area contributed by atoms with Gasteiger partial charge in [-0.15, -0.1) is 0 Å². The van der Waals surface area contributed by atoms with E-state index in [0.29, 0.717) is 34.4 Å². The summed E-state index contributed by atoms with van der Waals surface area (Å²) in [5.74, 6) is 1.19. The second-order valence-electron chi connectivity index (χ2n) is 9.90. The molecule has 0 spiro atoms. The first-order valence-corrected chi connectivity index (χ1v) is 13.6. The van der Waals surface area contributed by atoms with Gasteiger partial charge in [-0.3, -0.25) is 14.5 Å². The highest BCUT2D eigenvalue weighted by Crippen LogP contribution is 2.29. The summed E-state index contributed by atoms with van der Waals surface area (Å²) in [5.41, 5.74) is 3.10. The van der Waals surface area contributed by atoms with Crippen LogP contribution in [-0.2, 0) is 0 Å². The Labute approximate surface area is 229 Å². The van der Waals surface area contributed by atoms with Crippen molar-refractivity contribution in [3.8, 4) is 17.1 Å².